The van der Waals surface area contributed by atoms with Gasteiger partial charge in [-0.05, 0) is 32.4 Å². The summed E-state index contributed by atoms with van der Waals surface area (Å²) in [5.41, 5.74) is 3.61. The van der Waals surface area contributed by atoms with Gasteiger partial charge in [-0.1, -0.05) is 36.2 Å². The first-order valence-electron chi connectivity index (χ1n) is 6.31. The van der Waals surface area contributed by atoms with Gasteiger partial charge in [0.25, 0.3) is 0 Å². The lowest BCUT2D eigenvalue weighted by Gasteiger charge is -2.19. The molecule has 0 aromatic heterocycles. The van der Waals surface area contributed by atoms with Crippen LogP contribution in [-0.4, -0.2) is 27.0 Å². The zero-order valence-corrected chi connectivity index (χ0v) is 12.5. The summed E-state index contributed by atoms with van der Waals surface area (Å²) in [7, 11) is -2.91. The maximum Gasteiger partial charge on any atom is 0.147 e. The summed E-state index contributed by atoms with van der Waals surface area (Å²) in [4.78, 5) is 0. The molecule has 102 valence electrons. The number of hydrogen-bond acceptors (Lipinski definition) is 3. The van der Waals surface area contributed by atoms with Crippen LogP contribution in [0.25, 0.3) is 0 Å². The molecule has 0 aliphatic rings. The van der Waals surface area contributed by atoms with Gasteiger partial charge in [-0.15, -0.1) is 0 Å². The highest BCUT2D eigenvalue weighted by Gasteiger charge is 2.14. The van der Waals surface area contributed by atoms with Crippen LogP contribution in [0.5, 0.6) is 0 Å². The first kappa shape index (κ1) is 15.2. The van der Waals surface area contributed by atoms with E-state index in [1.807, 2.05) is 6.92 Å². The van der Waals surface area contributed by atoms with Crippen LogP contribution in [0, 0.1) is 13.8 Å². The molecule has 1 N–H and O–H groups in total. The summed E-state index contributed by atoms with van der Waals surface area (Å²) in [6.07, 6.45) is 1.91. The molecule has 0 radical (unpaired) electrons. The van der Waals surface area contributed by atoms with Crippen LogP contribution in [-0.2, 0) is 9.84 Å². The fourth-order valence-electron chi connectivity index (χ4n) is 2.18. The van der Waals surface area contributed by atoms with Gasteiger partial charge >= 0.3 is 0 Å². The van der Waals surface area contributed by atoms with Crippen molar-refractivity contribution in [1.29, 1.82) is 0 Å². The van der Waals surface area contributed by atoms with Crippen molar-refractivity contribution < 1.29 is 8.42 Å². The van der Waals surface area contributed by atoms with E-state index in [4.69, 9.17) is 0 Å². The largest absolute Gasteiger partial charge is 0.310 e. The van der Waals surface area contributed by atoms with E-state index in [0.29, 0.717) is 6.42 Å². The summed E-state index contributed by atoms with van der Waals surface area (Å²) in [6.45, 7) is 7.00. The van der Waals surface area contributed by atoms with Gasteiger partial charge in [-0.3, -0.25) is 0 Å². The lowest BCUT2D eigenvalue weighted by Crippen LogP contribution is -2.23. The third-order valence-corrected chi connectivity index (χ3v) is 3.85. The van der Waals surface area contributed by atoms with Crippen molar-refractivity contribution in [3.8, 4) is 0 Å². The molecule has 0 amide bonds. The van der Waals surface area contributed by atoms with Crippen molar-refractivity contribution in [2.75, 3.05) is 18.6 Å². The van der Waals surface area contributed by atoms with E-state index < -0.39 is 9.84 Å². The van der Waals surface area contributed by atoms with Crippen LogP contribution < -0.4 is 5.32 Å². The Morgan fingerprint density at radius 3 is 2.17 bits per heavy atom. The summed E-state index contributed by atoms with van der Waals surface area (Å²) in [6, 6.07) is 6.50. The van der Waals surface area contributed by atoms with Crippen LogP contribution in [0.1, 0.15) is 36.1 Å². The van der Waals surface area contributed by atoms with Crippen molar-refractivity contribution in [2.24, 2.45) is 0 Å². The maximum atomic E-state index is 11.3. The number of aryl methyl sites for hydroxylation is 2. The normalized spacial score (nSPS) is 13.6. The predicted molar refractivity (Wildman–Crippen MR) is 76.7 cm³/mol. The van der Waals surface area contributed by atoms with E-state index >= 15 is 0 Å². The molecule has 0 aliphatic heterocycles. The van der Waals surface area contributed by atoms with E-state index in [0.717, 1.165) is 6.54 Å². The molecule has 0 fully saturated rings. The van der Waals surface area contributed by atoms with Crippen molar-refractivity contribution in [2.45, 2.75) is 33.2 Å². The summed E-state index contributed by atoms with van der Waals surface area (Å²) in [5.74, 6) is 0.220. The lowest BCUT2D eigenvalue weighted by molar-refractivity contribution is 0.529. The smallest absolute Gasteiger partial charge is 0.147 e. The zero-order valence-electron chi connectivity index (χ0n) is 11.7. The number of hydrogen-bond donors (Lipinski definition) is 1. The van der Waals surface area contributed by atoms with Crippen LogP contribution in [0.15, 0.2) is 18.2 Å². The molecule has 1 unspecified atom stereocenters. The topological polar surface area (TPSA) is 46.2 Å². The fourth-order valence-corrected chi connectivity index (χ4v) is 2.84. The van der Waals surface area contributed by atoms with Crippen molar-refractivity contribution in [3.05, 3.63) is 34.9 Å². The monoisotopic (exact) mass is 269 g/mol. The quantitative estimate of drug-likeness (QED) is 0.862. The first-order chi connectivity index (χ1) is 8.31. The molecule has 0 aliphatic carbocycles. The van der Waals surface area contributed by atoms with E-state index in [9.17, 15) is 8.42 Å². The van der Waals surface area contributed by atoms with E-state index in [1.165, 1.54) is 22.9 Å². The Hall–Kier alpha value is -0.870. The molecule has 0 bridgehead atoms. The second kappa shape index (κ2) is 6.34. The van der Waals surface area contributed by atoms with Crippen LogP contribution in [0.2, 0.25) is 0 Å². The summed E-state index contributed by atoms with van der Waals surface area (Å²) < 4.78 is 22.6. The minimum absolute atomic E-state index is 0.114. The lowest BCUT2D eigenvalue weighted by atomic mass is 9.99. The average molecular weight is 269 g/mol. The van der Waals surface area contributed by atoms with Crippen molar-refractivity contribution in [1.82, 2.24) is 5.32 Å². The Balaban J connectivity index is 2.89. The molecule has 1 atom stereocenters. The highest BCUT2D eigenvalue weighted by Crippen LogP contribution is 2.20. The SMILES string of the molecule is CCNC(CCS(C)(=O)=O)c1cc(C)cc(C)c1. The number of rotatable bonds is 6. The van der Waals surface area contributed by atoms with Crippen molar-refractivity contribution in [3.63, 3.8) is 0 Å². The second-order valence-electron chi connectivity index (χ2n) is 4.95. The van der Waals surface area contributed by atoms with Gasteiger partial charge < -0.3 is 5.32 Å². The molecule has 0 spiro atoms. The minimum atomic E-state index is -2.91. The number of nitrogens with one attached hydrogen (secondary N) is 1. The third-order valence-electron chi connectivity index (χ3n) is 2.87. The molecule has 0 saturated carbocycles. The van der Waals surface area contributed by atoms with E-state index in [2.05, 4.69) is 37.4 Å². The van der Waals surface area contributed by atoms with Gasteiger partial charge in [-0.2, -0.15) is 0 Å². The highest BCUT2D eigenvalue weighted by atomic mass is 32.2. The van der Waals surface area contributed by atoms with Crippen LogP contribution in [0.3, 0.4) is 0 Å². The van der Waals surface area contributed by atoms with Crippen LogP contribution >= 0.6 is 0 Å². The standard InChI is InChI=1S/C14H23NO2S/c1-5-15-14(6-7-18(4,16)17)13-9-11(2)8-12(3)10-13/h8-10,14-15H,5-7H2,1-4H3. The molecule has 1 aromatic rings. The molecule has 3 nitrogen and oxygen atoms in total. The minimum Gasteiger partial charge on any atom is -0.310 e. The van der Waals surface area contributed by atoms with Gasteiger partial charge in [0.15, 0.2) is 0 Å². The predicted octanol–water partition coefficient (Wildman–Crippen LogP) is 2.39. The average Bonchev–Trinajstić information content (AvgIpc) is 2.21. The molecule has 18 heavy (non-hydrogen) atoms. The number of sulfone groups is 1. The van der Waals surface area contributed by atoms with Gasteiger partial charge in [0.2, 0.25) is 0 Å². The Morgan fingerprint density at radius 2 is 1.72 bits per heavy atom. The van der Waals surface area contributed by atoms with Gasteiger partial charge in [0.05, 0.1) is 5.75 Å². The van der Waals surface area contributed by atoms with Gasteiger partial charge in [0.1, 0.15) is 9.84 Å². The molecule has 1 aromatic carbocycles. The Labute approximate surface area is 111 Å². The first-order valence-corrected chi connectivity index (χ1v) is 8.37. The Kier molecular flexibility index (Phi) is 5.35. The molecule has 1 rings (SSSR count). The molecule has 0 saturated heterocycles. The fraction of sp³-hybridized carbons (Fsp3) is 0.571. The number of benzene rings is 1. The van der Waals surface area contributed by atoms with Gasteiger partial charge in [-0.25, -0.2) is 8.42 Å². The molecule has 4 heteroatoms. The third kappa shape index (κ3) is 5.19. The zero-order chi connectivity index (χ0) is 13.8. The Morgan fingerprint density at radius 1 is 1.17 bits per heavy atom. The molecular formula is C14H23NO2S. The summed E-state index contributed by atoms with van der Waals surface area (Å²) >= 11 is 0. The van der Waals surface area contributed by atoms with Crippen molar-refractivity contribution >= 4 is 9.84 Å². The van der Waals surface area contributed by atoms with Gasteiger partial charge in [0, 0.05) is 12.3 Å². The van der Waals surface area contributed by atoms with E-state index in [1.54, 1.807) is 0 Å². The second-order valence-corrected chi connectivity index (χ2v) is 7.21. The van der Waals surface area contributed by atoms with Crippen LogP contribution in [0.4, 0.5) is 0 Å². The maximum absolute atomic E-state index is 11.3. The highest BCUT2D eigenvalue weighted by molar-refractivity contribution is 7.90. The summed E-state index contributed by atoms with van der Waals surface area (Å²) in [5, 5.41) is 3.36. The molecular weight excluding hydrogens is 246 g/mol. The van der Waals surface area contributed by atoms with E-state index in [-0.39, 0.29) is 11.8 Å². The Bertz CT molecular complexity index is 474. The molecule has 0 heterocycles.